The Hall–Kier alpha value is -2.54. The van der Waals surface area contributed by atoms with Crippen LogP contribution in [0, 0.1) is 19.8 Å². The summed E-state index contributed by atoms with van der Waals surface area (Å²) in [5.41, 5.74) is 2.15. The molecule has 1 aromatic heterocycles. The third-order valence-electron chi connectivity index (χ3n) is 5.93. The van der Waals surface area contributed by atoms with Crippen molar-refractivity contribution >= 4 is 5.96 Å². The number of aromatic nitrogens is 1. The third-order valence-corrected chi connectivity index (χ3v) is 5.93. The van der Waals surface area contributed by atoms with Crippen LogP contribution in [0.5, 0.6) is 5.75 Å². The Bertz CT molecular complexity index is 836. The van der Waals surface area contributed by atoms with Crippen molar-refractivity contribution in [1.29, 1.82) is 0 Å². The van der Waals surface area contributed by atoms with Gasteiger partial charge in [-0.15, -0.1) is 0 Å². The predicted molar refractivity (Wildman–Crippen MR) is 124 cm³/mol. The van der Waals surface area contributed by atoms with Crippen LogP contribution in [0.4, 0.5) is 0 Å². The first-order valence-electron chi connectivity index (χ1n) is 11.3. The van der Waals surface area contributed by atoms with Crippen LogP contribution in [-0.2, 0) is 13.1 Å². The fourth-order valence-electron chi connectivity index (χ4n) is 3.97. The number of likely N-dealkylation sites (tertiary alicyclic amines) is 1. The number of benzene rings is 1. The molecular formula is C24H37N5O2. The Morgan fingerprint density at radius 2 is 2.03 bits per heavy atom. The summed E-state index contributed by atoms with van der Waals surface area (Å²) in [5, 5.41) is 3.43. The van der Waals surface area contributed by atoms with Crippen molar-refractivity contribution in [3.05, 3.63) is 47.2 Å². The van der Waals surface area contributed by atoms with Crippen LogP contribution < -0.4 is 10.1 Å². The highest BCUT2D eigenvalue weighted by Gasteiger charge is 2.21. The quantitative estimate of drug-likeness (QED) is 0.513. The van der Waals surface area contributed by atoms with Crippen LogP contribution in [-0.4, -0.2) is 61.1 Å². The van der Waals surface area contributed by atoms with Crippen LogP contribution in [0.25, 0.3) is 0 Å². The van der Waals surface area contributed by atoms with E-state index >= 15 is 0 Å². The number of ether oxygens (including phenoxy) is 1. The zero-order valence-corrected chi connectivity index (χ0v) is 19.6. The van der Waals surface area contributed by atoms with Crippen molar-refractivity contribution in [1.82, 2.24) is 20.1 Å². The highest BCUT2D eigenvalue weighted by molar-refractivity contribution is 5.79. The van der Waals surface area contributed by atoms with Gasteiger partial charge in [-0.2, -0.15) is 0 Å². The molecule has 1 aliphatic rings. The van der Waals surface area contributed by atoms with Gasteiger partial charge in [0, 0.05) is 32.2 Å². The topological polar surface area (TPSA) is 66.1 Å². The third kappa shape index (κ3) is 6.47. The van der Waals surface area contributed by atoms with Crippen molar-refractivity contribution < 1.29 is 9.15 Å². The predicted octanol–water partition coefficient (Wildman–Crippen LogP) is 3.61. The summed E-state index contributed by atoms with van der Waals surface area (Å²) in [6.07, 6.45) is 2.30. The van der Waals surface area contributed by atoms with Gasteiger partial charge in [0.15, 0.2) is 5.96 Å². The van der Waals surface area contributed by atoms with E-state index in [2.05, 4.69) is 40.1 Å². The molecule has 0 unspecified atom stereocenters. The minimum Gasteiger partial charge on any atom is -0.496 e. The number of para-hydroxylation sites is 1. The molecule has 1 N–H and O–H groups in total. The number of guanidine groups is 1. The van der Waals surface area contributed by atoms with Gasteiger partial charge < -0.3 is 19.4 Å². The van der Waals surface area contributed by atoms with Gasteiger partial charge in [0.25, 0.3) is 0 Å². The fourth-order valence-corrected chi connectivity index (χ4v) is 3.97. The molecule has 1 saturated heterocycles. The SMILES string of the molecule is CCNC(=NCC1CCN(Cc2nc(C)c(C)o2)CC1)N(C)Cc1ccccc1OC. The van der Waals surface area contributed by atoms with E-state index in [-0.39, 0.29) is 0 Å². The van der Waals surface area contributed by atoms with Gasteiger partial charge in [0.1, 0.15) is 11.5 Å². The summed E-state index contributed by atoms with van der Waals surface area (Å²) in [7, 11) is 3.80. The number of nitrogens with one attached hydrogen (secondary N) is 1. The molecule has 1 aromatic carbocycles. The normalized spacial score (nSPS) is 15.8. The van der Waals surface area contributed by atoms with Gasteiger partial charge in [-0.05, 0) is 58.7 Å². The minimum absolute atomic E-state index is 0.609. The number of piperidine rings is 1. The monoisotopic (exact) mass is 427 g/mol. The molecule has 3 rings (SSSR count). The van der Waals surface area contributed by atoms with E-state index in [4.69, 9.17) is 14.1 Å². The molecule has 7 nitrogen and oxygen atoms in total. The van der Waals surface area contributed by atoms with Gasteiger partial charge in [-0.25, -0.2) is 4.98 Å². The van der Waals surface area contributed by atoms with Crippen molar-refractivity contribution in [3.63, 3.8) is 0 Å². The Labute approximate surface area is 186 Å². The standard InChI is InChI=1S/C24H37N5O2/c1-6-25-24(28(4)16-21-9-7-8-10-22(21)30-5)26-15-20-11-13-29(14-12-20)17-23-27-18(2)19(3)31-23/h7-10,20H,6,11-17H2,1-5H3,(H,25,26). The van der Waals surface area contributed by atoms with Crippen LogP contribution in [0.1, 0.15) is 42.7 Å². The average Bonchev–Trinajstić information content (AvgIpc) is 3.09. The zero-order chi connectivity index (χ0) is 22.2. The van der Waals surface area contributed by atoms with Crippen LogP contribution >= 0.6 is 0 Å². The molecule has 7 heteroatoms. The molecule has 1 aliphatic heterocycles. The molecule has 0 atom stereocenters. The number of hydrogen-bond donors (Lipinski definition) is 1. The van der Waals surface area contributed by atoms with Gasteiger partial charge in [0.2, 0.25) is 5.89 Å². The second-order valence-corrected chi connectivity index (χ2v) is 8.33. The van der Waals surface area contributed by atoms with E-state index in [0.29, 0.717) is 5.92 Å². The molecule has 0 bridgehead atoms. The van der Waals surface area contributed by atoms with Gasteiger partial charge in [-0.3, -0.25) is 9.89 Å². The van der Waals surface area contributed by atoms with Crippen LogP contribution in [0.2, 0.25) is 0 Å². The number of aryl methyl sites for hydroxylation is 2. The Balaban J connectivity index is 1.52. The van der Waals surface area contributed by atoms with Crippen molar-refractivity contribution in [2.75, 3.05) is 40.3 Å². The lowest BCUT2D eigenvalue weighted by Crippen LogP contribution is -2.39. The van der Waals surface area contributed by atoms with Crippen molar-refractivity contribution in [3.8, 4) is 5.75 Å². The molecule has 0 saturated carbocycles. The first-order chi connectivity index (χ1) is 15.0. The van der Waals surface area contributed by atoms with Crippen LogP contribution in [0.3, 0.4) is 0 Å². The number of oxazole rings is 1. The molecule has 0 radical (unpaired) electrons. The maximum atomic E-state index is 5.74. The van der Waals surface area contributed by atoms with E-state index in [1.807, 2.05) is 32.0 Å². The maximum Gasteiger partial charge on any atom is 0.208 e. The van der Waals surface area contributed by atoms with E-state index in [1.165, 1.54) is 0 Å². The smallest absolute Gasteiger partial charge is 0.208 e. The summed E-state index contributed by atoms with van der Waals surface area (Å²) in [6.45, 7) is 11.5. The number of rotatable bonds is 8. The molecule has 170 valence electrons. The first-order valence-corrected chi connectivity index (χ1v) is 11.3. The Morgan fingerprint density at radius 1 is 1.29 bits per heavy atom. The highest BCUT2D eigenvalue weighted by Crippen LogP contribution is 2.21. The second-order valence-electron chi connectivity index (χ2n) is 8.33. The summed E-state index contributed by atoms with van der Waals surface area (Å²) >= 11 is 0. The lowest BCUT2D eigenvalue weighted by Gasteiger charge is -2.30. The molecule has 31 heavy (non-hydrogen) atoms. The van der Waals surface area contributed by atoms with E-state index in [0.717, 1.165) is 86.7 Å². The number of hydrogen-bond acceptors (Lipinski definition) is 5. The summed E-state index contributed by atoms with van der Waals surface area (Å²) < 4.78 is 11.2. The largest absolute Gasteiger partial charge is 0.496 e. The van der Waals surface area contributed by atoms with Crippen molar-refractivity contribution in [2.45, 2.75) is 46.7 Å². The van der Waals surface area contributed by atoms with Gasteiger partial charge >= 0.3 is 0 Å². The summed E-state index contributed by atoms with van der Waals surface area (Å²) in [4.78, 5) is 14.1. The molecule has 0 aliphatic carbocycles. The molecular weight excluding hydrogens is 390 g/mol. The number of methoxy groups -OCH3 is 1. The Kier molecular flexibility index (Phi) is 8.35. The fraction of sp³-hybridized carbons (Fsp3) is 0.583. The molecule has 0 amide bonds. The minimum atomic E-state index is 0.609. The molecule has 1 fully saturated rings. The lowest BCUT2D eigenvalue weighted by atomic mass is 9.97. The summed E-state index contributed by atoms with van der Waals surface area (Å²) in [6, 6.07) is 8.15. The first kappa shape index (κ1) is 23.1. The second kappa shape index (κ2) is 11.2. The lowest BCUT2D eigenvalue weighted by molar-refractivity contribution is 0.166. The summed E-state index contributed by atoms with van der Waals surface area (Å²) in [5.74, 6) is 4.22. The highest BCUT2D eigenvalue weighted by atomic mass is 16.5. The molecule has 0 spiro atoms. The van der Waals surface area contributed by atoms with E-state index in [9.17, 15) is 0 Å². The average molecular weight is 428 g/mol. The van der Waals surface area contributed by atoms with Gasteiger partial charge in [-0.1, -0.05) is 18.2 Å². The Morgan fingerprint density at radius 3 is 2.68 bits per heavy atom. The zero-order valence-electron chi connectivity index (χ0n) is 19.6. The van der Waals surface area contributed by atoms with Crippen molar-refractivity contribution in [2.24, 2.45) is 10.9 Å². The number of aliphatic imine (C=N–C) groups is 1. The van der Waals surface area contributed by atoms with Crippen LogP contribution in [0.15, 0.2) is 33.7 Å². The molecule has 2 heterocycles. The van der Waals surface area contributed by atoms with Gasteiger partial charge in [0.05, 0.1) is 19.3 Å². The maximum absolute atomic E-state index is 5.74. The van der Waals surface area contributed by atoms with E-state index in [1.54, 1.807) is 7.11 Å². The molecule has 2 aromatic rings. The van der Waals surface area contributed by atoms with E-state index < -0.39 is 0 Å². The number of nitrogens with zero attached hydrogens (tertiary/aromatic N) is 4.